The molecule has 0 spiro atoms. The van der Waals surface area contributed by atoms with Gasteiger partial charge in [-0.15, -0.1) is 11.3 Å². The third-order valence-corrected chi connectivity index (χ3v) is 5.83. The van der Waals surface area contributed by atoms with Crippen molar-refractivity contribution in [2.45, 2.75) is 13.0 Å². The van der Waals surface area contributed by atoms with Crippen molar-refractivity contribution in [3.8, 4) is 11.5 Å². The van der Waals surface area contributed by atoms with Crippen molar-refractivity contribution in [2.24, 2.45) is 4.99 Å². The van der Waals surface area contributed by atoms with E-state index in [1.165, 1.54) is 5.00 Å². The molecule has 0 saturated carbocycles. The zero-order valence-corrected chi connectivity index (χ0v) is 18.1. The van der Waals surface area contributed by atoms with Crippen LogP contribution >= 0.6 is 11.3 Å². The quantitative estimate of drug-likeness (QED) is 0.532. The average Bonchev–Trinajstić information content (AvgIpc) is 3.31. The Morgan fingerprint density at radius 1 is 1.17 bits per heavy atom. The molecular formula is C21H30N4O3S. The largest absolute Gasteiger partial charge is 0.497 e. The molecule has 1 aromatic heterocycles. The van der Waals surface area contributed by atoms with Crippen LogP contribution in [0.15, 0.2) is 40.7 Å². The van der Waals surface area contributed by atoms with Crippen molar-refractivity contribution in [3.63, 3.8) is 0 Å². The van der Waals surface area contributed by atoms with E-state index in [2.05, 4.69) is 39.6 Å². The number of nitrogens with zero attached hydrogens (tertiary/aromatic N) is 3. The van der Waals surface area contributed by atoms with Gasteiger partial charge in [0.15, 0.2) is 5.96 Å². The summed E-state index contributed by atoms with van der Waals surface area (Å²) < 4.78 is 10.6. The van der Waals surface area contributed by atoms with Crippen molar-refractivity contribution in [1.29, 1.82) is 0 Å². The predicted molar refractivity (Wildman–Crippen MR) is 119 cm³/mol. The van der Waals surface area contributed by atoms with Gasteiger partial charge in [0.2, 0.25) is 0 Å². The minimum absolute atomic E-state index is 0.268. The molecule has 1 fully saturated rings. The predicted octanol–water partition coefficient (Wildman–Crippen LogP) is 2.59. The highest BCUT2D eigenvalue weighted by atomic mass is 32.1. The summed E-state index contributed by atoms with van der Waals surface area (Å²) in [5.74, 6) is 2.14. The Bertz CT molecular complexity index is 767. The molecule has 158 valence electrons. The molecule has 3 rings (SSSR count). The van der Waals surface area contributed by atoms with E-state index in [4.69, 9.17) is 14.5 Å². The topological polar surface area (TPSA) is 69.6 Å². The number of thiophene rings is 1. The molecule has 0 bridgehead atoms. The van der Waals surface area contributed by atoms with Crippen LogP contribution in [0.1, 0.15) is 18.6 Å². The lowest BCUT2D eigenvalue weighted by molar-refractivity contribution is 0.185. The number of anilines is 1. The fourth-order valence-electron chi connectivity index (χ4n) is 3.31. The number of piperazine rings is 1. The zero-order valence-electron chi connectivity index (χ0n) is 17.3. The highest BCUT2D eigenvalue weighted by Crippen LogP contribution is 2.27. The molecule has 1 aliphatic rings. The number of methoxy groups -OCH3 is 2. The van der Waals surface area contributed by atoms with Gasteiger partial charge in [0, 0.05) is 38.8 Å². The average molecular weight is 419 g/mol. The molecule has 2 heterocycles. The first-order chi connectivity index (χ1) is 14.1. The first-order valence-electron chi connectivity index (χ1n) is 9.87. The molecule has 0 amide bonds. The van der Waals surface area contributed by atoms with Gasteiger partial charge < -0.3 is 29.7 Å². The third kappa shape index (κ3) is 5.55. The molecule has 2 N–H and O–H groups in total. The summed E-state index contributed by atoms with van der Waals surface area (Å²) in [5.41, 5.74) is 0.725. The highest BCUT2D eigenvalue weighted by Gasteiger charge is 2.21. The number of guanidine groups is 1. The molecule has 1 aromatic carbocycles. The maximum Gasteiger partial charge on any atom is 0.194 e. The lowest BCUT2D eigenvalue weighted by atomic mass is 10.1. The second kappa shape index (κ2) is 10.4. The van der Waals surface area contributed by atoms with Crippen LogP contribution in [-0.2, 0) is 0 Å². The first kappa shape index (κ1) is 21.3. The first-order valence-corrected chi connectivity index (χ1v) is 10.7. The van der Waals surface area contributed by atoms with Crippen LogP contribution in [0.4, 0.5) is 5.00 Å². The number of aliphatic imine (C=N–C) groups is 1. The molecular weight excluding hydrogens is 388 g/mol. The smallest absolute Gasteiger partial charge is 0.194 e. The van der Waals surface area contributed by atoms with Gasteiger partial charge in [-0.05, 0) is 42.1 Å². The molecule has 1 unspecified atom stereocenters. The number of benzene rings is 1. The summed E-state index contributed by atoms with van der Waals surface area (Å²) in [7, 11) is 3.20. The summed E-state index contributed by atoms with van der Waals surface area (Å²) in [6.45, 7) is 6.82. The Hall–Kier alpha value is -2.45. The SMILES string of the molecule is CCNC(=NCC(O)c1cc(OC)cc(OC)c1)N1CCN(c2cccs2)CC1. The molecule has 0 aliphatic carbocycles. The Morgan fingerprint density at radius 3 is 2.41 bits per heavy atom. The Kier molecular flexibility index (Phi) is 7.60. The summed E-state index contributed by atoms with van der Waals surface area (Å²) >= 11 is 1.78. The van der Waals surface area contributed by atoms with Crippen LogP contribution in [0.2, 0.25) is 0 Å². The maximum absolute atomic E-state index is 10.7. The highest BCUT2D eigenvalue weighted by molar-refractivity contribution is 7.14. The maximum atomic E-state index is 10.7. The van der Waals surface area contributed by atoms with Crippen molar-refractivity contribution in [1.82, 2.24) is 10.2 Å². The van der Waals surface area contributed by atoms with Crippen LogP contribution in [0, 0.1) is 0 Å². The van der Waals surface area contributed by atoms with Crippen molar-refractivity contribution in [3.05, 3.63) is 41.3 Å². The number of hydrogen-bond acceptors (Lipinski definition) is 6. The van der Waals surface area contributed by atoms with Gasteiger partial charge in [-0.25, -0.2) is 0 Å². The fourth-order valence-corrected chi connectivity index (χ4v) is 4.10. The third-order valence-electron chi connectivity index (χ3n) is 4.90. The van der Waals surface area contributed by atoms with Crippen LogP contribution in [0.3, 0.4) is 0 Å². The van der Waals surface area contributed by atoms with E-state index in [1.54, 1.807) is 31.6 Å². The van der Waals surface area contributed by atoms with E-state index in [-0.39, 0.29) is 6.54 Å². The van der Waals surface area contributed by atoms with Crippen molar-refractivity contribution < 1.29 is 14.6 Å². The van der Waals surface area contributed by atoms with Gasteiger partial charge in [-0.3, -0.25) is 4.99 Å². The Morgan fingerprint density at radius 2 is 1.86 bits per heavy atom. The number of ether oxygens (including phenoxy) is 2. The standard InChI is InChI=1S/C21H30N4O3S/c1-4-22-21(25-9-7-24(8-10-25)20-6-5-11-29-20)23-15-19(26)16-12-17(27-2)14-18(13-16)28-3/h5-6,11-14,19,26H,4,7-10,15H2,1-3H3,(H,22,23). The summed E-state index contributed by atoms with van der Waals surface area (Å²) in [6.07, 6.45) is -0.736. The molecule has 1 aliphatic heterocycles. The second-order valence-corrected chi connectivity index (χ2v) is 7.71. The van der Waals surface area contributed by atoms with E-state index in [9.17, 15) is 5.11 Å². The number of aliphatic hydroxyl groups is 1. The minimum atomic E-state index is -0.736. The van der Waals surface area contributed by atoms with Crippen molar-refractivity contribution >= 4 is 22.3 Å². The summed E-state index contributed by atoms with van der Waals surface area (Å²) in [6, 6.07) is 9.67. The molecule has 1 atom stereocenters. The molecule has 2 aromatic rings. The normalized spacial score (nSPS) is 15.9. The van der Waals surface area contributed by atoms with Crippen LogP contribution in [0.5, 0.6) is 11.5 Å². The Balaban J connectivity index is 1.65. The zero-order chi connectivity index (χ0) is 20.6. The fraction of sp³-hybridized carbons (Fsp3) is 0.476. The molecule has 29 heavy (non-hydrogen) atoms. The van der Waals surface area contributed by atoms with Gasteiger partial charge in [-0.2, -0.15) is 0 Å². The van der Waals surface area contributed by atoms with E-state index in [0.29, 0.717) is 11.5 Å². The number of nitrogens with one attached hydrogen (secondary N) is 1. The van der Waals surface area contributed by atoms with Crippen LogP contribution in [0.25, 0.3) is 0 Å². The van der Waals surface area contributed by atoms with Crippen molar-refractivity contribution in [2.75, 3.05) is 58.4 Å². The molecule has 0 radical (unpaired) electrons. The number of rotatable bonds is 7. The van der Waals surface area contributed by atoms with Gasteiger partial charge >= 0.3 is 0 Å². The monoisotopic (exact) mass is 418 g/mol. The summed E-state index contributed by atoms with van der Waals surface area (Å²) in [5, 5.41) is 17.5. The molecule has 7 nitrogen and oxygen atoms in total. The number of aliphatic hydroxyl groups excluding tert-OH is 1. The van der Waals surface area contributed by atoms with E-state index in [0.717, 1.165) is 44.2 Å². The summed E-state index contributed by atoms with van der Waals surface area (Å²) in [4.78, 5) is 9.36. The number of hydrogen-bond donors (Lipinski definition) is 2. The van der Waals surface area contributed by atoms with Crippen LogP contribution < -0.4 is 19.7 Å². The Labute approximate surface area is 176 Å². The molecule has 1 saturated heterocycles. The molecule has 8 heteroatoms. The van der Waals surface area contributed by atoms with Gasteiger partial charge in [0.05, 0.1) is 31.9 Å². The van der Waals surface area contributed by atoms with E-state index in [1.807, 2.05) is 12.1 Å². The lowest BCUT2D eigenvalue weighted by Gasteiger charge is -2.37. The second-order valence-electron chi connectivity index (χ2n) is 6.78. The van der Waals surface area contributed by atoms with Crippen LogP contribution in [-0.4, -0.2) is 69.5 Å². The van der Waals surface area contributed by atoms with E-state index >= 15 is 0 Å². The van der Waals surface area contributed by atoms with Gasteiger partial charge in [0.1, 0.15) is 11.5 Å². The minimum Gasteiger partial charge on any atom is -0.497 e. The van der Waals surface area contributed by atoms with E-state index < -0.39 is 6.10 Å². The lowest BCUT2D eigenvalue weighted by Crippen LogP contribution is -2.52. The van der Waals surface area contributed by atoms with Gasteiger partial charge in [0.25, 0.3) is 0 Å². The van der Waals surface area contributed by atoms with Gasteiger partial charge in [-0.1, -0.05) is 0 Å².